The number of fused-ring (bicyclic) bond motifs is 1. The SMILES string of the molecule is Cc1cc(CN)c(O)c2c1CCC2N.Cl. The number of phenols is 1. The molecule has 5 N–H and O–H groups in total. The summed E-state index contributed by atoms with van der Waals surface area (Å²) in [5.74, 6) is 0.318. The normalized spacial score (nSPS) is 18.5. The Balaban J connectivity index is 0.00000112. The summed E-state index contributed by atoms with van der Waals surface area (Å²) in [5.41, 5.74) is 15.6. The molecular weight excluding hydrogens is 212 g/mol. The second-order valence-corrected chi connectivity index (χ2v) is 3.94. The standard InChI is InChI=1S/C11H16N2O.ClH/c1-6-4-7(5-12)11(14)10-8(6)2-3-9(10)13;/h4,9,14H,2-3,5,12-13H2,1H3;1H. The number of hydrogen-bond donors (Lipinski definition) is 3. The van der Waals surface area contributed by atoms with Crippen LogP contribution in [-0.4, -0.2) is 5.11 Å². The van der Waals surface area contributed by atoms with Crippen LogP contribution in [0, 0.1) is 6.92 Å². The van der Waals surface area contributed by atoms with E-state index in [2.05, 4.69) is 6.92 Å². The molecule has 0 spiro atoms. The summed E-state index contributed by atoms with van der Waals surface area (Å²) in [5, 5.41) is 9.94. The topological polar surface area (TPSA) is 72.3 Å². The van der Waals surface area contributed by atoms with Crippen molar-refractivity contribution in [3.63, 3.8) is 0 Å². The molecule has 84 valence electrons. The molecule has 0 amide bonds. The highest BCUT2D eigenvalue weighted by atomic mass is 35.5. The van der Waals surface area contributed by atoms with Gasteiger partial charge >= 0.3 is 0 Å². The number of rotatable bonds is 1. The third-order valence-electron chi connectivity index (χ3n) is 3.05. The molecule has 15 heavy (non-hydrogen) atoms. The van der Waals surface area contributed by atoms with Crippen LogP contribution in [0.2, 0.25) is 0 Å². The third kappa shape index (κ3) is 1.83. The van der Waals surface area contributed by atoms with E-state index in [1.165, 1.54) is 11.1 Å². The van der Waals surface area contributed by atoms with E-state index in [4.69, 9.17) is 11.5 Å². The lowest BCUT2D eigenvalue weighted by atomic mass is 9.98. The quantitative estimate of drug-likeness (QED) is 0.683. The van der Waals surface area contributed by atoms with Crippen LogP contribution in [0.25, 0.3) is 0 Å². The molecule has 2 rings (SSSR count). The molecule has 4 heteroatoms. The number of halogens is 1. The lowest BCUT2D eigenvalue weighted by Gasteiger charge is -2.13. The molecule has 1 aliphatic carbocycles. The molecule has 0 aliphatic heterocycles. The Hall–Kier alpha value is -0.770. The van der Waals surface area contributed by atoms with Crippen molar-refractivity contribution in [2.24, 2.45) is 11.5 Å². The number of hydrogen-bond acceptors (Lipinski definition) is 3. The fraction of sp³-hybridized carbons (Fsp3) is 0.455. The third-order valence-corrected chi connectivity index (χ3v) is 3.05. The average molecular weight is 229 g/mol. The minimum Gasteiger partial charge on any atom is -0.507 e. The smallest absolute Gasteiger partial charge is 0.125 e. The zero-order valence-electron chi connectivity index (χ0n) is 8.79. The Morgan fingerprint density at radius 3 is 2.80 bits per heavy atom. The van der Waals surface area contributed by atoms with Crippen molar-refractivity contribution in [3.8, 4) is 5.75 Å². The molecule has 1 aromatic carbocycles. The first kappa shape index (κ1) is 12.3. The molecule has 3 nitrogen and oxygen atoms in total. The number of benzene rings is 1. The van der Waals surface area contributed by atoms with Gasteiger partial charge in [0.2, 0.25) is 0 Å². The van der Waals surface area contributed by atoms with Crippen molar-refractivity contribution in [2.45, 2.75) is 32.4 Å². The monoisotopic (exact) mass is 228 g/mol. The summed E-state index contributed by atoms with van der Waals surface area (Å²) < 4.78 is 0. The van der Waals surface area contributed by atoms with Crippen LogP contribution in [0.5, 0.6) is 5.75 Å². The first-order valence-electron chi connectivity index (χ1n) is 4.95. The van der Waals surface area contributed by atoms with Gasteiger partial charge in [0.05, 0.1) is 0 Å². The van der Waals surface area contributed by atoms with Gasteiger partial charge in [0.25, 0.3) is 0 Å². The van der Waals surface area contributed by atoms with Crippen molar-refractivity contribution in [1.82, 2.24) is 0 Å². The summed E-state index contributed by atoms with van der Waals surface area (Å²) in [7, 11) is 0. The summed E-state index contributed by atoms with van der Waals surface area (Å²) in [6.45, 7) is 2.42. The van der Waals surface area contributed by atoms with E-state index in [1.54, 1.807) is 0 Å². The summed E-state index contributed by atoms with van der Waals surface area (Å²) in [4.78, 5) is 0. The van der Waals surface area contributed by atoms with Crippen LogP contribution < -0.4 is 11.5 Å². The number of phenolic OH excluding ortho intramolecular Hbond substituents is 1. The van der Waals surface area contributed by atoms with Gasteiger partial charge in [-0.3, -0.25) is 0 Å². The van der Waals surface area contributed by atoms with Crippen LogP contribution in [-0.2, 0) is 13.0 Å². The Morgan fingerprint density at radius 2 is 2.20 bits per heavy atom. The maximum atomic E-state index is 9.94. The van der Waals surface area contributed by atoms with Gasteiger partial charge in [-0.25, -0.2) is 0 Å². The molecule has 0 fully saturated rings. The molecule has 0 saturated carbocycles. The zero-order valence-corrected chi connectivity index (χ0v) is 9.60. The van der Waals surface area contributed by atoms with E-state index < -0.39 is 0 Å². The minimum atomic E-state index is -0.0183. The molecular formula is C11H17ClN2O. The van der Waals surface area contributed by atoms with Gasteiger partial charge in [-0.2, -0.15) is 0 Å². The lowest BCUT2D eigenvalue weighted by molar-refractivity contribution is 0.456. The summed E-state index contributed by atoms with van der Waals surface area (Å²) in [6.07, 6.45) is 1.90. The molecule has 0 saturated heterocycles. The maximum Gasteiger partial charge on any atom is 0.125 e. The number of nitrogens with two attached hydrogens (primary N) is 2. The van der Waals surface area contributed by atoms with E-state index in [-0.39, 0.29) is 18.4 Å². The molecule has 1 unspecified atom stereocenters. The van der Waals surface area contributed by atoms with Gasteiger partial charge in [-0.05, 0) is 30.9 Å². The highest BCUT2D eigenvalue weighted by Gasteiger charge is 2.25. The van der Waals surface area contributed by atoms with E-state index in [0.29, 0.717) is 12.3 Å². The van der Waals surface area contributed by atoms with Crippen LogP contribution in [0.15, 0.2) is 6.07 Å². The number of aryl methyl sites for hydroxylation is 1. The average Bonchev–Trinajstić information content (AvgIpc) is 2.54. The first-order chi connectivity index (χ1) is 6.65. The zero-order chi connectivity index (χ0) is 10.3. The van der Waals surface area contributed by atoms with Crippen molar-refractivity contribution in [3.05, 3.63) is 28.3 Å². The van der Waals surface area contributed by atoms with Crippen molar-refractivity contribution in [1.29, 1.82) is 0 Å². The summed E-state index contributed by atoms with van der Waals surface area (Å²) in [6, 6.07) is 1.95. The Kier molecular flexibility index (Phi) is 3.60. The van der Waals surface area contributed by atoms with Crippen molar-refractivity contribution >= 4 is 12.4 Å². The van der Waals surface area contributed by atoms with Crippen LogP contribution in [0.3, 0.4) is 0 Å². The van der Waals surface area contributed by atoms with E-state index >= 15 is 0 Å². The highest BCUT2D eigenvalue weighted by Crippen LogP contribution is 2.39. The predicted octanol–water partition coefficient (Wildman–Crippen LogP) is 1.53. The molecule has 1 atom stereocenters. The van der Waals surface area contributed by atoms with Crippen molar-refractivity contribution < 1.29 is 5.11 Å². The second-order valence-electron chi connectivity index (χ2n) is 3.94. The second kappa shape index (κ2) is 4.39. The predicted molar refractivity (Wildman–Crippen MR) is 63.2 cm³/mol. The molecule has 0 heterocycles. The van der Waals surface area contributed by atoms with Gasteiger partial charge in [-0.1, -0.05) is 6.07 Å². The van der Waals surface area contributed by atoms with E-state index in [0.717, 1.165) is 24.0 Å². The van der Waals surface area contributed by atoms with Gasteiger partial charge in [-0.15, -0.1) is 12.4 Å². The largest absolute Gasteiger partial charge is 0.507 e. The molecule has 0 radical (unpaired) electrons. The van der Waals surface area contributed by atoms with Crippen LogP contribution in [0.1, 0.15) is 34.7 Å². The molecule has 0 aromatic heterocycles. The van der Waals surface area contributed by atoms with Crippen molar-refractivity contribution in [2.75, 3.05) is 0 Å². The van der Waals surface area contributed by atoms with Crippen LogP contribution >= 0.6 is 12.4 Å². The van der Waals surface area contributed by atoms with Crippen LogP contribution in [0.4, 0.5) is 0 Å². The van der Waals surface area contributed by atoms with Gasteiger partial charge in [0.1, 0.15) is 5.75 Å². The summed E-state index contributed by atoms with van der Waals surface area (Å²) >= 11 is 0. The van der Waals surface area contributed by atoms with Gasteiger partial charge in [0, 0.05) is 23.7 Å². The fourth-order valence-electron chi connectivity index (χ4n) is 2.28. The Morgan fingerprint density at radius 1 is 1.53 bits per heavy atom. The fourth-order valence-corrected chi connectivity index (χ4v) is 2.28. The lowest BCUT2D eigenvalue weighted by Crippen LogP contribution is -2.08. The number of aromatic hydroxyl groups is 1. The highest BCUT2D eigenvalue weighted by molar-refractivity contribution is 5.85. The van der Waals surface area contributed by atoms with E-state index in [9.17, 15) is 5.11 Å². The molecule has 1 aromatic rings. The molecule has 1 aliphatic rings. The van der Waals surface area contributed by atoms with Gasteiger partial charge in [0.15, 0.2) is 0 Å². The Bertz CT molecular complexity index is 379. The first-order valence-corrected chi connectivity index (χ1v) is 4.95. The maximum absolute atomic E-state index is 9.94. The van der Waals surface area contributed by atoms with Gasteiger partial charge < -0.3 is 16.6 Å². The minimum absolute atomic E-state index is 0. The van der Waals surface area contributed by atoms with E-state index in [1.807, 2.05) is 6.07 Å². The Labute approximate surface area is 95.9 Å². The molecule has 0 bridgehead atoms.